The van der Waals surface area contributed by atoms with Gasteiger partial charge < -0.3 is 5.32 Å². The zero-order valence-electron chi connectivity index (χ0n) is 8.01. The second kappa shape index (κ2) is 4.56. The van der Waals surface area contributed by atoms with Crippen molar-refractivity contribution < 1.29 is 9.18 Å². The van der Waals surface area contributed by atoms with Crippen molar-refractivity contribution in [2.24, 2.45) is 0 Å². The first-order valence-corrected chi connectivity index (χ1v) is 4.30. The van der Waals surface area contributed by atoms with Crippen molar-refractivity contribution in [2.45, 2.75) is 6.92 Å². The molecule has 0 atom stereocenters. The van der Waals surface area contributed by atoms with Gasteiger partial charge in [0.15, 0.2) is 0 Å². The largest absolute Gasteiger partial charge is 0.349 e. The van der Waals surface area contributed by atoms with Gasteiger partial charge in [0.25, 0.3) is 5.91 Å². The lowest BCUT2D eigenvalue weighted by Gasteiger charge is -2.03. The fourth-order valence-corrected chi connectivity index (χ4v) is 1.13. The highest BCUT2D eigenvalue weighted by molar-refractivity contribution is 5.94. The van der Waals surface area contributed by atoms with Crippen molar-refractivity contribution in [3.05, 3.63) is 47.8 Å². The first-order valence-electron chi connectivity index (χ1n) is 4.30. The normalized spacial score (nSPS) is 9.57. The molecule has 0 bridgehead atoms. The summed E-state index contributed by atoms with van der Waals surface area (Å²) in [5.41, 5.74) is 1.07. The van der Waals surface area contributed by atoms with Crippen LogP contribution in [0.15, 0.2) is 30.9 Å². The maximum Gasteiger partial charge on any atom is 0.251 e. The third kappa shape index (κ3) is 2.69. The second-order valence-corrected chi connectivity index (χ2v) is 3.02. The van der Waals surface area contributed by atoms with Gasteiger partial charge in [-0.3, -0.25) is 4.79 Å². The minimum Gasteiger partial charge on any atom is -0.349 e. The van der Waals surface area contributed by atoms with Crippen LogP contribution in [0, 0.1) is 12.7 Å². The molecular formula is C11H12FNO. The molecule has 2 nitrogen and oxygen atoms in total. The molecule has 0 aliphatic rings. The van der Waals surface area contributed by atoms with Gasteiger partial charge in [0.2, 0.25) is 0 Å². The topological polar surface area (TPSA) is 29.1 Å². The molecule has 1 aromatic carbocycles. The Bertz CT molecular complexity index is 340. The van der Waals surface area contributed by atoms with Crippen molar-refractivity contribution in [1.29, 1.82) is 0 Å². The Morgan fingerprint density at radius 2 is 2.29 bits per heavy atom. The van der Waals surface area contributed by atoms with E-state index in [0.717, 1.165) is 5.56 Å². The average Bonchev–Trinajstić information content (AvgIpc) is 2.12. The standard InChI is InChI=1S/C11H12FNO/c1-3-4-13-11(14)9-5-8(2)6-10(12)7-9/h3,5-7H,1,4H2,2H3,(H,13,14). The Morgan fingerprint density at radius 1 is 1.57 bits per heavy atom. The highest BCUT2D eigenvalue weighted by atomic mass is 19.1. The van der Waals surface area contributed by atoms with Gasteiger partial charge in [0.1, 0.15) is 5.82 Å². The van der Waals surface area contributed by atoms with Crippen LogP contribution in [-0.4, -0.2) is 12.5 Å². The van der Waals surface area contributed by atoms with E-state index in [0.29, 0.717) is 12.1 Å². The van der Waals surface area contributed by atoms with Gasteiger partial charge in [0, 0.05) is 12.1 Å². The van der Waals surface area contributed by atoms with Gasteiger partial charge in [-0.25, -0.2) is 4.39 Å². The summed E-state index contributed by atoms with van der Waals surface area (Å²) < 4.78 is 12.9. The fraction of sp³-hybridized carbons (Fsp3) is 0.182. The molecule has 0 aliphatic heterocycles. The number of carbonyl (C=O) groups excluding carboxylic acids is 1. The molecule has 0 aromatic heterocycles. The van der Waals surface area contributed by atoms with E-state index in [9.17, 15) is 9.18 Å². The Hall–Kier alpha value is -1.64. The molecule has 3 heteroatoms. The molecule has 0 spiro atoms. The third-order valence-electron chi connectivity index (χ3n) is 1.71. The lowest BCUT2D eigenvalue weighted by molar-refractivity contribution is 0.0957. The first kappa shape index (κ1) is 10.4. The van der Waals surface area contributed by atoms with Gasteiger partial charge in [-0.1, -0.05) is 6.08 Å². The molecule has 0 aliphatic carbocycles. The van der Waals surface area contributed by atoms with E-state index >= 15 is 0 Å². The Morgan fingerprint density at radius 3 is 2.86 bits per heavy atom. The number of benzene rings is 1. The summed E-state index contributed by atoms with van der Waals surface area (Å²) in [6, 6.07) is 4.23. The van der Waals surface area contributed by atoms with Gasteiger partial charge >= 0.3 is 0 Å². The number of amides is 1. The lowest BCUT2D eigenvalue weighted by atomic mass is 10.1. The van der Waals surface area contributed by atoms with Gasteiger partial charge in [-0.15, -0.1) is 6.58 Å². The zero-order chi connectivity index (χ0) is 10.6. The fourth-order valence-electron chi connectivity index (χ4n) is 1.13. The monoisotopic (exact) mass is 193 g/mol. The van der Waals surface area contributed by atoms with Crippen molar-refractivity contribution in [2.75, 3.05) is 6.54 Å². The van der Waals surface area contributed by atoms with E-state index in [1.54, 1.807) is 19.1 Å². The van der Waals surface area contributed by atoms with Crippen molar-refractivity contribution in [3.8, 4) is 0 Å². The zero-order valence-corrected chi connectivity index (χ0v) is 8.01. The van der Waals surface area contributed by atoms with Crippen LogP contribution in [0.1, 0.15) is 15.9 Å². The van der Waals surface area contributed by atoms with Gasteiger partial charge in [-0.2, -0.15) is 0 Å². The SMILES string of the molecule is C=CCNC(=O)c1cc(C)cc(F)c1. The second-order valence-electron chi connectivity index (χ2n) is 3.02. The van der Waals surface area contributed by atoms with Crippen molar-refractivity contribution in [3.63, 3.8) is 0 Å². The molecule has 14 heavy (non-hydrogen) atoms. The van der Waals surface area contributed by atoms with Crippen LogP contribution in [0.4, 0.5) is 4.39 Å². The first-order chi connectivity index (χ1) is 6.63. The smallest absolute Gasteiger partial charge is 0.251 e. The highest BCUT2D eigenvalue weighted by Gasteiger charge is 2.05. The molecule has 1 N–H and O–H groups in total. The maximum atomic E-state index is 12.9. The maximum absolute atomic E-state index is 12.9. The molecule has 0 saturated heterocycles. The predicted octanol–water partition coefficient (Wildman–Crippen LogP) is 2.05. The number of halogens is 1. The lowest BCUT2D eigenvalue weighted by Crippen LogP contribution is -2.23. The summed E-state index contributed by atoms with van der Waals surface area (Å²) in [7, 11) is 0. The van der Waals surface area contributed by atoms with Crippen molar-refractivity contribution >= 4 is 5.91 Å². The summed E-state index contributed by atoms with van der Waals surface area (Å²) >= 11 is 0. The number of carbonyl (C=O) groups is 1. The van der Waals surface area contributed by atoms with Crippen LogP contribution in [-0.2, 0) is 0 Å². The molecule has 1 amide bonds. The predicted molar refractivity (Wildman–Crippen MR) is 53.7 cm³/mol. The molecule has 0 saturated carbocycles. The van der Waals surface area contributed by atoms with Crippen LogP contribution < -0.4 is 5.32 Å². The van der Waals surface area contributed by atoms with E-state index in [1.165, 1.54) is 12.1 Å². The summed E-state index contributed by atoms with van der Waals surface area (Å²) in [6.07, 6.45) is 1.57. The summed E-state index contributed by atoms with van der Waals surface area (Å²) in [5.74, 6) is -0.679. The number of rotatable bonds is 3. The Kier molecular flexibility index (Phi) is 3.40. The number of hydrogen-bond donors (Lipinski definition) is 1. The molecule has 74 valence electrons. The van der Waals surface area contributed by atoms with E-state index in [2.05, 4.69) is 11.9 Å². The third-order valence-corrected chi connectivity index (χ3v) is 1.71. The van der Waals surface area contributed by atoms with Gasteiger partial charge in [-0.05, 0) is 30.7 Å². The number of aryl methyl sites for hydroxylation is 1. The van der Waals surface area contributed by atoms with E-state index < -0.39 is 5.82 Å². The highest BCUT2D eigenvalue weighted by Crippen LogP contribution is 2.07. The molecule has 0 radical (unpaired) electrons. The molecule has 0 fully saturated rings. The van der Waals surface area contributed by atoms with Crippen molar-refractivity contribution in [1.82, 2.24) is 5.32 Å². The quantitative estimate of drug-likeness (QED) is 0.731. The van der Waals surface area contributed by atoms with Crippen LogP contribution in [0.5, 0.6) is 0 Å². The van der Waals surface area contributed by atoms with Crippen LogP contribution in [0.25, 0.3) is 0 Å². The van der Waals surface area contributed by atoms with E-state index in [4.69, 9.17) is 0 Å². The molecule has 0 heterocycles. The van der Waals surface area contributed by atoms with Crippen LogP contribution >= 0.6 is 0 Å². The van der Waals surface area contributed by atoms with E-state index in [1.807, 2.05) is 0 Å². The Balaban J connectivity index is 2.84. The van der Waals surface area contributed by atoms with Gasteiger partial charge in [0.05, 0.1) is 0 Å². The molecule has 0 unspecified atom stereocenters. The molecule has 1 rings (SSSR count). The average molecular weight is 193 g/mol. The number of hydrogen-bond acceptors (Lipinski definition) is 1. The van der Waals surface area contributed by atoms with Crippen LogP contribution in [0.3, 0.4) is 0 Å². The minimum absolute atomic E-state index is 0.285. The molecular weight excluding hydrogens is 181 g/mol. The minimum atomic E-state index is -0.395. The Labute approximate surface area is 82.4 Å². The van der Waals surface area contributed by atoms with E-state index in [-0.39, 0.29) is 5.91 Å². The molecule has 1 aromatic rings. The number of nitrogens with one attached hydrogen (secondary N) is 1. The summed E-state index contributed by atoms with van der Waals surface area (Å²) in [4.78, 5) is 11.4. The summed E-state index contributed by atoms with van der Waals surface area (Å²) in [6.45, 7) is 5.60. The summed E-state index contributed by atoms with van der Waals surface area (Å²) in [5, 5.41) is 2.58. The van der Waals surface area contributed by atoms with Crippen LogP contribution in [0.2, 0.25) is 0 Å².